The molecule has 0 aliphatic heterocycles. The van der Waals surface area contributed by atoms with Crippen LogP contribution in [0.15, 0.2) is 24.5 Å². The van der Waals surface area contributed by atoms with Crippen LogP contribution in [-0.4, -0.2) is 46.2 Å². The van der Waals surface area contributed by atoms with E-state index in [9.17, 15) is 9.90 Å². The highest BCUT2D eigenvalue weighted by Crippen LogP contribution is 2.26. The number of imidazole rings is 1. The minimum atomic E-state index is -0.912. The molecule has 0 amide bonds. The van der Waals surface area contributed by atoms with Crippen LogP contribution in [0.5, 0.6) is 0 Å². The summed E-state index contributed by atoms with van der Waals surface area (Å²) in [5.74, 6) is -0.527. The van der Waals surface area contributed by atoms with Crippen LogP contribution in [0.1, 0.15) is 30.2 Å². The number of carbonyl (C=O) groups is 1. The monoisotopic (exact) mass is 275 g/mol. The fraction of sp³-hybridized carbons (Fsp3) is 0.467. The standard InChI is InChI=1S/C15H21N3O2/c1-10(2)13(8-17(3)4)18-9-16-12-7-5-6-11(14(12)18)15(19)20/h5-7,9-10,13H,8H2,1-4H3,(H,19,20). The van der Waals surface area contributed by atoms with Gasteiger partial charge in [-0.3, -0.25) is 0 Å². The van der Waals surface area contributed by atoms with Gasteiger partial charge < -0.3 is 14.6 Å². The summed E-state index contributed by atoms with van der Waals surface area (Å²) < 4.78 is 2.00. The van der Waals surface area contributed by atoms with Gasteiger partial charge in [-0.1, -0.05) is 19.9 Å². The van der Waals surface area contributed by atoms with Crippen molar-refractivity contribution >= 4 is 17.0 Å². The van der Waals surface area contributed by atoms with E-state index in [2.05, 4.69) is 23.7 Å². The molecule has 0 aliphatic carbocycles. The highest BCUT2D eigenvalue weighted by atomic mass is 16.4. The number of rotatable bonds is 5. The minimum Gasteiger partial charge on any atom is -0.478 e. The van der Waals surface area contributed by atoms with Gasteiger partial charge in [0.2, 0.25) is 0 Å². The third-order valence-corrected chi connectivity index (χ3v) is 3.50. The molecule has 1 heterocycles. The number of nitrogens with zero attached hydrogens (tertiary/aromatic N) is 3. The maximum absolute atomic E-state index is 11.4. The topological polar surface area (TPSA) is 58.4 Å². The predicted octanol–water partition coefficient (Wildman–Crippen LogP) is 2.49. The van der Waals surface area contributed by atoms with Gasteiger partial charge >= 0.3 is 5.97 Å². The largest absolute Gasteiger partial charge is 0.478 e. The number of aromatic nitrogens is 2. The number of hydrogen-bond acceptors (Lipinski definition) is 3. The van der Waals surface area contributed by atoms with Crippen LogP contribution in [0.4, 0.5) is 0 Å². The van der Waals surface area contributed by atoms with E-state index < -0.39 is 5.97 Å². The van der Waals surface area contributed by atoms with Gasteiger partial charge in [0.1, 0.15) is 0 Å². The summed E-state index contributed by atoms with van der Waals surface area (Å²) in [5.41, 5.74) is 1.75. The minimum absolute atomic E-state index is 0.190. The zero-order valence-electron chi connectivity index (χ0n) is 12.4. The number of carboxylic acid groups (broad SMARTS) is 1. The van der Waals surface area contributed by atoms with Crippen molar-refractivity contribution < 1.29 is 9.90 Å². The van der Waals surface area contributed by atoms with E-state index >= 15 is 0 Å². The number of hydrogen-bond donors (Lipinski definition) is 1. The van der Waals surface area contributed by atoms with Crippen molar-refractivity contribution in [3.8, 4) is 0 Å². The quantitative estimate of drug-likeness (QED) is 0.910. The van der Waals surface area contributed by atoms with E-state index in [-0.39, 0.29) is 6.04 Å². The maximum Gasteiger partial charge on any atom is 0.337 e. The Morgan fingerprint density at radius 1 is 1.40 bits per heavy atom. The van der Waals surface area contributed by atoms with E-state index in [4.69, 9.17) is 0 Å². The molecule has 0 radical (unpaired) electrons. The summed E-state index contributed by atoms with van der Waals surface area (Å²) in [6, 6.07) is 5.41. The summed E-state index contributed by atoms with van der Waals surface area (Å²) in [7, 11) is 4.04. The molecule has 0 aliphatic rings. The average molecular weight is 275 g/mol. The van der Waals surface area contributed by atoms with Crippen molar-refractivity contribution in [2.45, 2.75) is 19.9 Å². The van der Waals surface area contributed by atoms with Crippen LogP contribution < -0.4 is 0 Å². The lowest BCUT2D eigenvalue weighted by molar-refractivity contribution is 0.0698. The van der Waals surface area contributed by atoms with Crippen LogP contribution in [0, 0.1) is 5.92 Å². The molecular formula is C15H21N3O2. The zero-order valence-corrected chi connectivity index (χ0v) is 12.4. The predicted molar refractivity (Wildman–Crippen MR) is 79.1 cm³/mol. The van der Waals surface area contributed by atoms with Gasteiger partial charge in [-0.15, -0.1) is 0 Å². The molecule has 5 heteroatoms. The van der Waals surface area contributed by atoms with E-state index in [1.165, 1.54) is 0 Å². The first kappa shape index (κ1) is 14.5. The number of likely N-dealkylation sites (N-methyl/N-ethyl adjacent to an activating group) is 1. The average Bonchev–Trinajstić information content (AvgIpc) is 2.78. The van der Waals surface area contributed by atoms with Crippen LogP contribution in [0.25, 0.3) is 11.0 Å². The van der Waals surface area contributed by atoms with E-state index in [0.717, 1.165) is 12.1 Å². The number of fused-ring (bicyclic) bond motifs is 1. The molecule has 1 atom stereocenters. The molecule has 2 rings (SSSR count). The molecule has 1 unspecified atom stereocenters. The smallest absolute Gasteiger partial charge is 0.337 e. The Labute approximate surface area is 118 Å². The molecule has 5 nitrogen and oxygen atoms in total. The van der Waals surface area contributed by atoms with Gasteiger partial charge in [-0.25, -0.2) is 9.78 Å². The molecule has 1 aromatic carbocycles. The fourth-order valence-electron chi connectivity index (χ4n) is 2.51. The normalized spacial score (nSPS) is 13.3. The van der Waals surface area contributed by atoms with Crippen LogP contribution in [-0.2, 0) is 0 Å². The molecule has 0 spiro atoms. The molecule has 0 bridgehead atoms. The number of benzene rings is 1. The highest BCUT2D eigenvalue weighted by molar-refractivity contribution is 6.01. The molecule has 108 valence electrons. The Kier molecular flexibility index (Phi) is 4.09. The SMILES string of the molecule is CC(C)C(CN(C)C)n1cnc2cccc(C(=O)O)c21. The molecule has 1 aromatic heterocycles. The van der Waals surface area contributed by atoms with Gasteiger partial charge in [-0.2, -0.15) is 0 Å². The lowest BCUT2D eigenvalue weighted by atomic mass is 10.0. The van der Waals surface area contributed by atoms with E-state index in [1.807, 2.05) is 24.7 Å². The first-order chi connectivity index (χ1) is 9.41. The first-order valence-electron chi connectivity index (χ1n) is 6.75. The molecule has 0 fully saturated rings. The van der Waals surface area contributed by atoms with E-state index in [1.54, 1.807) is 18.5 Å². The zero-order chi connectivity index (χ0) is 14.9. The van der Waals surface area contributed by atoms with Gasteiger partial charge in [0.15, 0.2) is 0 Å². The van der Waals surface area contributed by atoms with Gasteiger partial charge in [0.05, 0.1) is 29.0 Å². The van der Waals surface area contributed by atoms with Gasteiger partial charge in [0, 0.05) is 6.54 Å². The number of aromatic carboxylic acids is 1. The Balaban J connectivity index is 2.60. The van der Waals surface area contributed by atoms with Crippen molar-refractivity contribution in [2.24, 2.45) is 5.92 Å². The lowest BCUT2D eigenvalue weighted by Crippen LogP contribution is -2.28. The Hall–Kier alpha value is -1.88. The third-order valence-electron chi connectivity index (χ3n) is 3.50. The van der Waals surface area contributed by atoms with Gasteiger partial charge in [0.25, 0.3) is 0 Å². The van der Waals surface area contributed by atoms with Crippen molar-refractivity contribution in [3.63, 3.8) is 0 Å². The van der Waals surface area contributed by atoms with Crippen molar-refractivity contribution in [3.05, 3.63) is 30.1 Å². The van der Waals surface area contributed by atoms with Crippen LogP contribution >= 0.6 is 0 Å². The number of para-hydroxylation sites is 1. The number of carboxylic acids is 1. The first-order valence-corrected chi connectivity index (χ1v) is 6.75. The molecule has 1 N–H and O–H groups in total. The second-order valence-electron chi connectivity index (χ2n) is 5.70. The van der Waals surface area contributed by atoms with Crippen LogP contribution in [0.3, 0.4) is 0 Å². The Morgan fingerprint density at radius 3 is 2.65 bits per heavy atom. The van der Waals surface area contributed by atoms with Crippen molar-refractivity contribution in [1.82, 2.24) is 14.5 Å². The molecule has 20 heavy (non-hydrogen) atoms. The molecular weight excluding hydrogens is 254 g/mol. The molecule has 0 saturated heterocycles. The third kappa shape index (κ3) is 2.67. The van der Waals surface area contributed by atoms with Crippen LogP contribution in [0.2, 0.25) is 0 Å². The van der Waals surface area contributed by atoms with Gasteiger partial charge in [-0.05, 0) is 32.1 Å². The maximum atomic E-state index is 11.4. The summed E-state index contributed by atoms with van der Waals surface area (Å²) in [6.45, 7) is 5.13. The lowest BCUT2D eigenvalue weighted by Gasteiger charge is -2.26. The van der Waals surface area contributed by atoms with E-state index in [0.29, 0.717) is 17.0 Å². The summed E-state index contributed by atoms with van der Waals surface area (Å²) in [4.78, 5) is 17.9. The van der Waals surface area contributed by atoms with Crippen molar-refractivity contribution in [1.29, 1.82) is 0 Å². The Morgan fingerprint density at radius 2 is 2.10 bits per heavy atom. The molecule has 0 saturated carbocycles. The second kappa shape index (κ2) is 5.63. The fourth-order valence-corrected chi connectivity index (χ4v) is 2.51. The Bertz CT molecular complexity index is 617. The second-order valence-corrected chi connectivity index (χ2v) is 5.70. The summed E-state index contributed by atoms with van der Waals surface area (Å²) >= 11 is 0. The van der Waals surface area contributed by atoms with Crippen molar-refractivity contribution in [2.75, 3.05) is 20.6 Å². The highest BCUT2D eigenvalue weighted by Gasteiger charge is 2.21. The summed E-state index contributed by atoms with van der Waals surface area (Å²) in [6.07, 6.45) is 1.76. The summed E-state index contributed by atoms with van der Waals surface area (Å²) in [5, 5.41) is 9.38. The molecule has 2 aromatic rings.